The van der Waals surface area contributed by atoms with Crippen molar-refractivity contribution in [1.29, 1.82) is 0 Å². The molecule has 0 bridgehead atoms. The highest BCUT2D eigenvalue weighted by Crippen LogP contribution is 2.32. The fourth-order valence-corrected chi connectivity index (χ4v) is 1.96. The number of rotatable bonds is 3. The molecule has 0 saturated heterocycles. The number of hydrogen-bond donors (Lipinski definition) is 0. The van der Waals surface area contributed by atoms with E-state index in [0.717, 1.165) is 24.0 Å². The lowest BCUT2D eigenvalue weighted by atomic mass is 9.96. The van der Waals surface area contributed by atoms with E-state index < -0.39 is 0 Å². The van der Waals surface area contributed by atoms with Gasteiger partial charge in [-0.05, 0) is 23.6 Å². The van der Waals surface area contributed by atoms with Gasteiger partial charge in [-0.1, -0.05) is 55.8 Å². The zero-order valence-electron chi connectivity index (χ0n) is 9.44. The van der Waals surface area contributed by atoms with Crippen LogP contribution in [0.25, 0.3) is 11.1 Å². The Morgan fingerprint density at radius 2 is 1.50 bits per heavy atom. The smallest absolute Gasteiger partial charge is 0.186 e. The van der Waals surface area contributed by atoms with Gasteiger partial charge in [-0.3, -0.25) is 5.11 Å². The zero-order valence-corrected chi connectivity index (χ0v) is 9.44. The highest BCUT2D eigenvalue weighted by Gasteiger charge is 2.08. The summed E-state index contributed by atoms with van der Waals surface area (Å²) >= 11 is 0. The molecule has 0 aromatic heterocycles. The van der Waals surface area contributed by atoms with Crippen LogP contribution < -0.4 is 0 Å². The third-order valence-electron chi connectivity index (χ3n) is 2.71. The molecular formula is C15H15O. The second kappa shape index (κ2) is 4.84. The molecule has 0 spiro atoms. The van der Waals surface area contributed by atoms with Crippen molar-refractivity contribution >= 4 is 0 Å². The fraction of sp³-hybridized carbons (Fsp3) is 0.200. The summed E-state index contributed by atoms with van der Waals surface area (Å²) < 4.78 is 0. The number of aryl methyl sites for hydroxylation is 1. The molecule has 1 nitrogen and oxygen atoms in total. The minimum absolute atomic E-state index is 0.103. The van der Waals surface area contributed by atoms with E-state index in [9.17, 15) is 5.11 Å². The molecule has 0 saturated carbocycles. The van der Waals surface area contributed by atoms with Gasteiger partial charge in [0.05, 0.1) is 0 Å². The maximum atomic E-state index is 11.8. The summed E-state index contributed by atoms with van der Waals surface area (Å²) in [5.41, 5.74) is 3.15. The first-order valence-electron chi connectivity index (χ1n) is 5.67. The van der Waals surface area contributed by atoms with Gasteiger partial charge in [0, 0.05) is 5.56 Å². The first-order valence-corrected chi connectivity index (χ1v) is 5.67. The van der Waals surface area contributed by atoms with Crippen LogP contribution in [0, 0.1) is 0 Å². The SMILES string of the molecule is CCCc1ccccc1-c1ccccc1[O]. The van der Waals surface area contributed by atoms with Crippen LogP contribution in [-0.4, -0.2) is 0 Å². The van der Waals surface area contributed by atoms with E-state index in [4.69, 9.17) is 0 Å². The first-order chi connectivity index (χ1) is 7.83. The molecule has 0 aliphatic heterocycles. The summed E-state index contributed by atoms with van der Waals surface area (Å²) in [5, 5.41) is 11.8. The van der Waals surface area contributed by atoms with Gasteiger partial charge in [-0.25, -0.2) is 0 Å². The lowest BCUT2D eigenvalue weighted by Crippen LogP contribution is -1.88. The van der Waals surface area contributed by atoms with Crippen LogP contribution in [0.5, 0.6) is 5.75 Å². The van der Waals surface area contributed by atoms with Crippen LogP contribution in [0.3, 0.4) is 0 Å². The fourth-order valence-electron chi connectivity index (χ4n) is 1.96. The second-order valence-electron chi connectivity index (χ2n) is 3.90. The van der Waals surface area contributed by atoms with Gasteiger partial charge in [0.1, 0.15) is 0 Å². The lowest BCUT2D eigenvalue weighted by Gasteiger charge is -2.08. The Labute approximate surface area is 96.4 Å². The number of para-hydroxylation sites is 1. The topological polar surface area (TPSA) is 19.9 Å². The largest absolute Gasteiger partial charge is 0.289 e. The van der Waals surface area contributed by atoms with Crippen LogP contribution in [0.15, 0.2) is 48.5 Å². The molecular weight excluding hydrogens is 196 g/mol. The summed E-state index contributed by atoms with van der Waals surface area (Å²) in [6, 6.07) is 15.4. The number of benzene rings is 2. The molecule has 0 amide bonds. The van der Waals surface area contributed by atoms with Crippen LogP contribution in [-0.2, 0) is 11.5 Å². The summed E-state index contributed by atoms with van der Waals surface area (Å²) in [6.45, 7) is 2.15. The molecule has 1 heteroatoms. The second-order valence-corrected chi connectivity index (χ2v) is 3.90. The van der Waals surface area contributed by atoms with Crippen molar-refractivity contribution in [3.05, 3.63) is 54.1 Å². The maximum absolute atomic E-state index is 11.8. The van der Waals surface area contributed by atoms with E-state index in [2.05, 4.69) is 13.0 Å². The predicted molar refractivity (Wildman–Crippen MR) is 66.0 cm³/mol. The molecule has 0 aliphatic rings. The Balaban J connectivity index is 2.51. The Kier molecular flexibility index (Phi) is 3.25. The Morgan fingerprint density at radius 1 is 0.875 bits per heavy atom. The third-order valence-corrected chi connectivity index (χ3v) is 2.71. The van der Waals surface area contributed by atoms with Crippen LogP contribution in [0.1, 0.15) is 18.9 Å². The minimum atomic E-state index is 0.103. The van der Waals surface area contributed by atoms with Gasteiger partial charge in [0.2, 0.25) is 0 Å². The van der Waals surface area contributed by atoms with Crippen molar-refractivity contribution in [3.8, 4) is 16.9 Å². The summed E-state index contributed by atoms with van der Waals surface area (Å²) in [5.74, 6) is 0.103. The van der Waals surface area contributed by atoms with Gasteiger partial charge in [-0.15, -0.1) is 0 Å². The van der Waals surface area contributed by atoms with Crippen molar-refractivity contribution in [1.82, 2.24) is 0 Å². The lowest BCUT2D eigenvalue weighted by molar-refractivity contribution is 0.356. The average Bonchev–Trinajstić information content (AvgIpc) is 2.31. The van der Waals surface area contributed by atoms with Crippen molar-refractivity contribution in [2.24, 2.45) is 0 Å². The number of hydrogen-bond acceptors (Lipinski definition) is 0. The molecule has 0 fully saturated rings. The van der Waals surface area contributed by atoms with Gasteiger partial charge in [0.25, 0.3) is 0 Å². The van der Waals surface area contributed by atoms with E-state index in [1.807, 2.05) is 30.3 Å². The molecule has 0 N–H and O–H groups in total. The van der Waals surface area contributed by atoms with Crippen molar-refractivity contribution in [2.75, 3.05) is 0 Å². The van der Waals surface area contributed by atoms with Crippen LogP contribution in [0.4, 0.5) is 0 Å². The quantitative estimate of drug-likeness (QED) is 0.714. The molecule has 81 valence electrons. The first kappa shape index (κ1) is 10.7. The highest BCUT2D eigenvalue weighted by molar-refractivity contribution is 5.72. The van der Waals surface area contributed by atoms with E-state index in [1.54, 1.807) is 12.1 Å². The molecule has 0 atom stereocenters. The van der Waals surface area contributed by atoms with E-state index in [1.165, 1.54) is 5.56 Å². The van der Waals surface area contributed by atoms with Gasteiger partial charge >= 0.3 is 0 Å². The molecule has 0 aliphatic carbocycles. The highest BCUT2D eigenvalue weighted by atomic mass is 16.3. The molecule has 2 aromatic carbocycles. The molecule has 1 radical (unpaired) electrons. The van der Waals surface area contributed by atoms with Crippen molar-refractivity contribution in [3.63, 3.8) is 0 Å². The van der Waals surface area contributed by atoms with Crippen LogP contribution >= 0.6 is 0 Å². The monoisotopic (exact) mass is 211 g/mol. The summed E-state index contributed by atoms with van der Waals surface area (Å²) in [7, 11) is 0. The molecule has 0 heterocycles. The van der Waals surface area contributed by atoms with Gasteiger partial charge in [-0.2, -0.15) is 0 Å². The van der Waals surface area contributed by atoms with Gasteiger partial charge < -0.3 is 0 Å². The Bertz CT molecular complexity index is 474. The molecule has 2 rings (SSSR count). The zero-order chi connectivity index (χ0) is 11.4. The van der Waals surface area contributed by atoms with E-state index in [-0.39, 0.29) is 5.75 Å². The molecule has 2 aromatic rings. The Morgan fingerprint density at radius 3 is 2.19 bits per heavy atom. The molecule has 16 heavy (non-hydrogen) atoms. The summed E-state index contributed by atoms with van der Waals surface area (Å²) in [4.78, 5) is 0. The molecule has 0 unspecified atom stereocenters. The standard InChI is InChI=1S/C15H15O/c1-2-7-12-8-3-4-9-13(12)14-10-5-6-11-15(14)16/h3-6,8-11H,2,7H2,1H3. The average molecular weight is 211 g/mol. The minimum Gasteiger partial charge on any atom is -0.289 e. The maximum Gasteiger partial charge on any atom is 0.186 e. The van der Waals surface area contributed by atoms with Crippen molar-refractivity contribution in [2.45, 2.75) is 19.8 Å². The van der Waals surface area contributed by atoms with E-state index >= 15 is 0 Å². The van der Waals surface area contributed by atoms with Crippen molar-refractivity contribution < 1.29 is 5.11 Å². The summed E-state index contributed by atoms with van der Waals surface area (Å²) in [6.07, 6.45) is 2.11. The van der Waals surface area contributed by atoms with E-state index in [0.29, 0.717) is 0 Å². The Hall–Kier alpha value is -1.76. The van der Waals surface area contributed by atoms with Crippen LogP contribution in [0.2, 0.25) is 0 Å². The third kappa shape index (κ3) is 2.08. The predicted octanol–water partition coefficient (Wildman–Crippen LogP) is 4.45. The normalized spacial score (nSPS) is 10.3. The van der Waals surface area contributed by atoms with Gasteiger partial charge in [0.15, 0.2) is 5.75 Å².